The van der Waals surface area contributed by atoms with E-state index in [0.29, 0.717) is 29.7 Å². The molecule has 1 heterocycles. The number of nitrogens with one attached hydrogen (secondary N) is 1. The van der Waals surface area contributed by atoms with Gasteiger partial charge in [-0.3, -0.25) is 4.90 Å². The van der Waals surface area contributed by atoms with Crippen LogP contribution >= 0.6 is 11.6 Å². The van der Waals surface area contributed by atoms with E-state index in [9.17, 15) is 9.90 Å². The Kier molecular flexibility index (Phi) is 9.34. The zero-order valence-corrected chi connectivity index (χ0v) is 21.4. The van der Waals surface area contributed by atoms with Crippen LogP contribution in [0.4, 0.5) is 0 Å². The van der Waals surface area contributed by atoms with Crippen molar-refractivity contribution in [1.82, 2.24) is 14.8 Å². The van der Waals surface area contributed by atoms with E-state index in [0.717, 1.165) is 48.6 Å². The van der Waals surface area contributed by atoms with Gasteiger partial charge in [-0.15, -0.1) is 0 Å². The van der Waals surface area contributed by atoms with Crippen LogP contribution in [0.15, 0.2) is 54.6 Å². The molecule has 0 fully saturated rings. The Hall–Kier alpha value is -2.60. The minimum Gasteiger partial charge on any atom is -0.478 e. The average molecular weight is 482 g/mol. The molecule has 2 aromatic carbocycles. The summed E-state index contributed by atoms with van der Waals surface area (Å²) in [6.07, 6.45) is 0.997. The minimum atomic E-state index is -0.874. The molecule has 0 spiro atoms. The van der Waals surface area contributed by atoms with E-state index >= 15 is 0 Å². The van der Waals surface area contributed by atoms with Crippen LogP contribution in [0.2, 0.25) is 5.02 Å². The van der Waals surface area contributed by atoms with E-state index in [1.807, 2.05) is 44.2 Å². The number of carbonyl (C=O) groups is 1. The first kappa shape index (κ1) is 26.0. The Balaban J connectivity index is 1.61. The Morgan fingerprint density at radius 1 is 1.03 bits per heavy atom. The molecule has 0 saturated carbocycles. The molecular formula is C28H36ClN3O2. The molecule has 0 aliphatic carbocycles. The van der Waals surface area contributed by atoms with Crippen LogP contribution in [0.1, 0.15) is 58.7 Å². The monoisotopic (exact) mass is 481 g/mol. The van der Waals surface area contributed by atoms with E-state index < -0.39 is 5.97 Å². The highest BCUT2D eigenvalue weighted by Gasteiger charge is 2.22. The summed E-state index contributed by atoms with van der Waals surface area (Å²) < 4.78 is 2.09. The minimum absolute atomic E-state index is 0.409. The molecular weight excluding hydrogens is 446 g/mol. The molecule has 0 radical (unpaired) electrons. The molecule has 6 heteroatoms. The van der Waals surface area contributed by atoms with E-state index in [-0.39, 0.29) is 0 Å². The summed E-state index contributed by atoms with van der Waals surface area (Å²) in [4.78, 5) is 14.5. The van der Waals surface area contributed by atoms with Crippen molar-refractivity contribution in [2.75, 3.05) is 13.1 Å². The largest absolute Gasteiger partial charge is 0.478 e. The normalized spacial score (nSPS) is 11.5. The molecule has 3 rings (SSSR count). The van der Waals surface area contributed by atoms with Crippen molar-refractivity contribution < 1.29 is 9.90 Å². The highest BCUT2D eigenvalue weighted by molar-refractivity contribution is 6.30. The van der Waals surface area contributed by atoms with Gasteiger partial charge in [0.15, 0.2) is 0 Å². The molecule has 0 unspecified atom stereocenters. The maximum Gasteiger partial charge on any atom is 0.337 e. The third-order valence-electron chi connectivity index (χ3n) is 6.44. The summed E-state index contributed by atoms with van der Waals surface area (Å²) in [6.45, 7) is 12.3. The fraction of sp³-hybridized carbons (Fsp3) is 0.393. The molecule has 0 aliphatic heterocycles. The molecule has 5 nitrogen and oxygen atoms in total. The van der Waals surface area contributed by atoms with Gasteiger partial charge in [-0.05, 0) is 70.5 Å². The van der Waals surface area contributed by atoms with Gasteiger partial charge in [0.25, 0.3) is 0 Å². The van der Waals surface area contributed by atoms with Crippen LogP contribution in [0.3, 0.4) is 0 Å². The van der Waals surface area contributed by atoms with E-state index in [2.05, 4.69) is 52.9 Å². The molecule has 34 heavy (non-hydrogen) atoms. The number of hydrogen-bond donors (Lipinski definition) is 2. The zero-order chi connectivity index (χ0) is 24.7. The lowest BCUT2D eigenvalue weighted by molar-refractivity contribution is 0.0694. The second kappa shape index (κ2) is 12.2. The lowest BCUT2D eigenvalue weighted by Crippen LogP contribution is -2.33. The maximum absolute atomic E-state index is 12.1. The fourth-order valence-electron chi connectivity index (χ4n) is 4.42. The standard InChI is InChI=1S/C28H36ClN3O2/c1-20(2)31(18-23-9-6-5-7-10-23)16-8-15-30-17-26-21(3)32(22(4)27(26)28(33)34)19-24-11-13-25(29)14-12-24/h5-7,9-14,20,30H,8,15-19H2,1-4H3,(H,33,34). The van der Waals surface area contributed by atoms with Crippen molar-refractivity contribution in [3.8, 4) is 0 Å². The summed E-state index contributed by atoms with van der Waals surface area (Å²) in [7, 11) is 0. The number of aromatic carboxylic acids is 1. The number of benzene rings is 2. The molecule has 182 valence electrons. The second-order valence-electron chi connectivity index (χ2n) is 9.12. The third-order valence-corrected chi connectivity index (χ3v) is 6.69. The lowest BCUT2D eigenvalue weighted by atomic mass is 10.1. The first-order valence-corrected chi connectivity index (χ1v) is 12.3. The van der Waals surface area contributed by atoms with Crippen LogP contribution < -0.4 is 5.32 Å². The van der Waals surface area contributed by atoms with Gasteiger partial charge < -0.3 is 15.0 Å². The van der Waals surface area contributed by atoms with Crippen molar-refractivity contribution in [2.24, 2.45) is 0 Å². The first-order chi connectivity index (χ1) is 16.3. The number of halogens is 1. The molecule has 3 aromatic rings. The van der Waals surface area contributed by atoms with Gasteiger partial charge in [0.2, 0.25) is 0 Å². The van der Waals surface area contributed by atoms with Gasteiger partial charge >= 0.3 is 5.97 Å². The van der Waals surface area contributed by atoms with Gasteiger partial charge in [0, 0.05) is 47.7 Å². The number of carboxylic acids is 1. The molecule has 0 aliphatic rings. The third kappa shape index (κ3) is 6.72. The van der Waals surface area contributed by atoms with Gasteiger partial charge in [-0.25, -0.2) is 4.79 Å². The molecule has 0 bridgehead atoms. The van der Waals surface area contributed by atoms with E-state index in [1.165, 1.54) is 5.56 Å². The van der Waals surface area contributed by atoms with Crippen molar-refractivity contribution in [3.05, 3.63) is 93.3 Å². The maximum atomic E-state index is 12.1. The van der Waals surface area contributed by atoms with E-state index in [4.69, 9.17) is 11.6 Å². The van der Waals surface area contributed by atoms with Crippen LogP contribution in [0.5, 0.6) is 0 Å². The molecule has 0 amide bonds. The topological polar surface area (TPSA) is 57.5 Å². The van der Waals surface area contributed by atoms with Crippen LogP contribution in [-0.2, 0) is 19.6 Å². The highest BCUT2D eigenvalue weighted by atomic mass is 35.5. The number of nitrogens with zero attached hydrogens (tertiary/aromatic N) is 2. The predicted molar refractivity (Wildman–Crippen MR) is 140 cm³/mol. The Morgan fingerprint density at radius 2 is 1.71 bits per heavy atom. The summed E-state index contributed by atoms with van der Waals surface area (Å²) in [6, 6.07) is 18.7. The summed E-state index contributed by atoms with van der Waals surface area (Å²) in [5, 5.41) is 14.1. The lowest BCUT2D eigenvalue weighted by Gasteiger charge is -2.26. The highest BCUT2D eigenvalue weighted by Crippen LogP contribution is 2.24. The fourth-order valence-corrected chi connectivity index (χ4v) is 4.54. The van der Waals surface area contributed by atoms with Gasteiger partial charge in [-0.1, -0.05) is 54.1 Å². The van der Waals surface area contributed by atoms with Crippen molar-refractivity contribution in [3.63, 3.8) is 0 Å². The molecule has 2 N–H and O–H groups in total. The van der Waals surface area contributed by atoms with Gasteiger partial charge in [0.05, 0.1) is 5.56 Å². The summed E-state index contributed by atoms with van der Waals surface area (Å²) >= 11 is 6.01. The van der Waals surface area contributed by atoms with E-state index in [1.54, 1.807) is 0 Å². The van der Waals surface area contributed by atoms with Crippen LogP contribution in [0.25, 0.3) is 0 Å². The number of hydrogen-bond acceptors (Lipinski definition) is 3. The molecule has 1 aromatic heterocycles. The van der Waals surface area contributed by atoms with Crippen molar-refractivity contribution >= 4 is 17.6 Å². The second-order valence-corrected chi connectivity index (χ2v) is 9.56. The SMILES string of the molecule is Cc1c(CNCCCN(Cc2ccccc2)C(C)C)c(C(=O)O)c(C)n1Cc1ccc(Cl)cc1. The van der Waals surface area contributed by atoms with Gasteiger partial charge in [0.1, 0.15) is 0 Å². The average Bonchev–Trinajstić information content (AvgIpc) is 3.04. The number of rotatable bonds is 12. The van der Waals surface area contributed by atoms with Crippen molar-refractivity contribution in [1.29, 1.82) is 0 Å². The van der Waals surface area contributed by atoms with Crippen LogP contribution in [0, 0.1) is 13.8 Å². The predicted octanol–water partition coefficient (Wildman–Crippen LogP) is 5.90. The molecule has 0 atom stereocenters. The van der Waals surface area contributed by atoms with Gasteiger partial charge in [-0.2, -0.15) is 0 Å². The summed E-state index contributed by atoms with van der Waals surface area (Å²) in [5.41, 5.74) is 5.46. The Morgan fingerprint density at radius 3 is 2.32 bits per heavy atom. The summed E-state index contributed by atoms with van der Waals surface area (Å²) in [5.74, 6) is -0.874. The quantitative estimate of drug-likeness (QED) is 0.316. The Labute approximate surface area is 208 Å². The molecule has 0 saturated heterocycles. The van der Waals surface area contributed by atoms with Crippen LogP contribution in [-0.4, -0.2) is 39.7 Å². The zero-order valence-electron chi connectivity index (χ0n) is 20.6. The number of carboxylic acid groups (broad SMARTS) is 1. The smallest absolute Gasteiger partial charge is 0.337 e. The Bertz CT molecular complexity index is 1080. The number of aromatic nitrogens is 1. The van der Waals surface area contributed by atoms with Crippen molar-refractivity contribution in [2.45, 2.75) is 59.8 Å². The first-order valence-electron chi connectivity index (χ1n) is 11.9.